The summed E-state index contributed by atoms with van der Waals surface area (Å²) in [6.45, 7) is 1.59. The Morgan fingerprint density at radius 3 is 3.17 bits per heavy atom. The number of hydrogen-bond acceptors (Lipinski definition) is 6. The van der Waals surface area contributed by atoms with E-state index in [0.717, 1.165) is 29.1 Å². The number of rotatable bonds is 4. The van der Waals surface area contributed by atoms with Crippen molar-refractivity contribution in [3.8, 4) is 0 Å². The molecule has 0 radical (unpaired) electrons. The summed E-state index contributed by atoms with van der Waals surface area (Å²) >= 11 is 1.56. The number of nitrogens with two attached hydrogens (primary N) is 1. The van der Waals surface area contributed by atoms with Gasteiger partial charge in [0.05, 0.1) is 11.7 Å². The zero-order valence-corrected chi connectivity index (χ0v) is 10.4. The van der Waals surface area contributed by atoms with Crippen LogP contribution in [0.25, 0.3) is 10.2 Å². The maximum Gasteiger partial charge on any atom is 0.223 e. The SMILES string of the molecule is Nc1nc(NCCn2ccnc2)c2ccsc2n1. The fourth-order valence-corrected chi connectivity index (χ4v) is 2.50. The molecule has 0 fully saturated rings. The molecule has 7 heteroatoms. The van der Waals surface area contributed by atoms with Gasteiger partial charge in [0, 0.05) is 25.5 Å². The van der Waals surface area contributed by atoms with Gasteiger partial charge in [0.2, 0.25) is 5.95 Å². The first-order chi connectivity index (χ1) is 8.83. The predicted octanol–water partition coefficient (Wildman–Crippen LogP) is 1.58. The molecule has 0 amide bonds. The lowest BCUT2D eigenvalue weighted by Crippen LogP contribution is -2.11. The maximum absolute atomic E-state index is 5.68. The van der Waals surface area contributed by atoms with Gasteiger partial charge in [-0.05, 0) is 11.4 Å². The summed E-state index contributed by atoms with van der Waals surface area (Å²) in [5.74, 6) is 1.09. The van der Waals surface area contributed by atoms with Gasteiger partial charge in [-0.25, -0.2) is 9.97 Å². The molecule has 3 aromatic heterocycles. The fourth-order valence-electron chi connectivity index (χ4n) is 1.73. The average molecular weight is 260 g/mol. The zero-order chi connectivity index (χ0) is 12.4. The standard InChI is InChI=1S/C11H12N6S/c12-11-15-9(8-1-6-18-10(8)16-11)14-3-5-17-4-2-13-7-17/h1-2,4,6-7H,3,5H2,(H3,12,14,15,16). The van der Waals surface area contributed by atoms with Gasteiger partial charge in [0.25, 0.3) is 0 Å². The van der Waals surface area contributed by atoms with Crippen molar-refractivity contribution in [2.75, 3.05) is 17.6 Å². The first-order valence-electron chi connectivity index (χ1n) is 5.53. The van der Waals surface area contributed by atoms with Crippen molar-refractivity contribution in [1.82, 2.24) is 19.5 Å². The van der Waals surface area contributed by atoms with E-state index in [1.807, 2.05) is 22.2 Å². The Bertz CT molecular complexity index is 645. The van der Waals surface area contributed by atoms with Crippen LogP contribution >= 0.6 is 11.3 Å². The van der Waals surface area contributed by atoms with Gasteiger partial charge in [-0.1, -0.05) is 0 Å². The van der Waals surface area contributed by atoms with Crippen LogP contribution in [0.2, 0.25) is 0 Å². The molecule has 0 atom stereocenters. The summed E-state index contributed by atoms with van der Waals surface area (Å²) < 4.78 is 2.00. The summed E-state index contributed by atoms with van der Waals surface area (Å²) in [5, 5.41) is 6.28. The molecule has 3 N–H and O–H groups in total. The van der Waals surface area contributed by atoms with Crippen molar-refractivity contribution in [1.29, 1.82) is 0 Å². The fraction of sp³-hybridized carbons (Fsp3) is 0.182. The zero-order valence-electron chi connectivity index (χ0n) is 9.58. The largest absolute Gasteiger partial charge is 0.368 e. The number of thiophene rings is 1. The van der Waals surface area contributed by atoms with Crippen LogP contribution in [0.4, 0.5) is 11.8 Å². The van der Waals surface area contributed by atoms with Gasteiger partial charge in [-0.2, -0.15) is 4.98 Å². The third-order valence-corrected chi connectivity index (χ3v) is 3.37. The molecule has 0 spiro atoms. The highest BCUT2D eigenvalue weighted by Crippen LogP contribution is 2.25. The second kappa shape index (κ2) is 4.61. The summed E-state index contributed by atoms with van der Waals surface area (Å²) in [5.41, 5.74) is 5.68. The number of nitrogen functional groups attached to an aromatic ring is 1. The molecule has 0 saturated carbocycles. The number of aromatic nitrogens is 4. The molecule has 6 nitrogen and oxygen atoms in total. The Labute approximate surface area is 108 Å². The van der Waals surface area contributed by atoms with Crippen molar-refractivity contribution in [3.05, 3.63) is 30.2 Å². The van der Waals surface area contributed by atoms with E-state index >= 15 is 0 Å². The number of imidazole rings is 1. The van der Waals surface area contributed by atoms with Crippen molar-refractivity contribution >= 4 is 33.3 Å². The highest BCUT2D eigenvalue weighted by Gasteiger charge is 2.06. The topological polar surface area (TPSA) is 81.6 Å². The third-order valence-electron chi connectivity index (χ3n) is 2.56. The predicted molar refractivity (Wildman–Crippen MR) is 72.5 cm³/mol. The van der Waals surface area contributed by atoms with Crippen LogP contribution in [0.15, 0.2) is 30.2 Å². The highest BCUT2D eigenvalue weighted by atomic mass is 32.1. The molecule has 0 aliphatic carbocycles. The monoisotopic (exact) mass is 260 g/mol. The van der Waals surface area contributed by atoms with Crippen molar-refractivity contribution in [3.63, 3.8) is 0 Å². The van der Waals surface area contributed by atoms with Crippen LogP contribution < -0.4 is 11.1 Å². The van der Waals surface area contributed by atoms with Crippen LogP contribution in [-0.4, -0.2) is 26.1 Å². The van der Waals surface area contributed by atoms with E-state index in [4.69, 9.17) is 5.73 Å². The Balaban J connectivity index is 1.75. The quantitative estimate of drug-likeness (QED) is 0.744. The lowest BCUT2D eigenvalue weighted by molar-refractivity contribution is 0.726. The molecule has 3 heterocycles. The Kier molecular flexibility index (Phi) is 2.81. The molecule has 92 valence electrons. The molecule has 0 aliphatic rings. The van der Waals surface area contributed by atoms with E-state index in [0.29, 0.717) is 5.95 Å². The van der Waals surface area contributed by atoms with Gasteiger partial charge < -0.3 is 15.6 Å². The molecule has 3 rings (SSSR count). The number of anilines is 2. The second-order valence-corrected chi connectivity index (χ2v) is 4.69. The molecule has 0 bridgehead atoms. The lowest BCUT2D eigenvalue weighted by atomic mass is 10.4. The van der Waals surface area contributed by atoms with Gasteiger partial charge in [-0.15, -0.1) is 11.3 Å². The molecular weight excluding hydrogens is 248 g/mol. The lowest BCUT2D eigenvalue weighted by Gasteiger charge is -2.07. The van der Waals surface area contributed by atoms with Gasteiger partial charge in [0.15, 0.2) is 0 Å². The molecule has 0 aromatic carbocycles. The minimum Gasteiger partial charge on any atom is -0.368 e. The van der Waals surface area contributed by atoms with Crippen molar-refractivity contribution in [2.45, 2.75) is 6.54 Å². The minimum absolute atomic E-state index is 0.301. The van der Waals surface area contributed by atoms with E-state index in [1.165, 1.54) is 0 Å². The summed E-state index contributed by atoms with van der Waals surface area (Å²) in [6, 6.07) is 2.00. The van der Waals surface area contributed by atoms with Crippen LogP contribution in [0.3, 0.4) is 0 Å². The van der Waals surface area contributed by atoms with Crippen LogP contribution in [0.5, 0.6) is 0 Å². The normalized spacial score (nSPS) is 10.9. The molecule has 0 saturated heterocycles. The minimum atomic E-state index is 0.301. The number of hydrogen-bond donors (Lipinski definition) is 2. The van der Waals surface area contributed by atoms with Gasteiger partial charge in [0.1, 0.15) is 10.6 Å². The number of fused-ring (bicyclic) bond motifs is 1. The van der Waals surface area contributed by atoms with Crippen LogP contribution in [0, 0.1) is 0 Å². The Hall–Kier alpha value is -2.15. The molecular formula is C11H12N6S. The second-order valence-electron chi connectivity index (χ2n) is 3.80. The molecule has 0 unspecified atom stereocenters. The number of nitrogens with zero attached hydrogens (tertiary/aromatic N) is 4. The Morgan fingerprint density at radius 1 is 1.39 bits per heavy atom. The van der Waals surface area contributed by atoms with Crippen molar-refractivity contribution < 1.29 is 0 Å². The highest BCUT2D eigenvalue weighted by molar-refractivity contribution is 7.16. The first kappa shape index (κ1) is 11.0. The van der Waals surface area contributed by atoms with E-state index < -0.39 is 0 Å². The summed E-state index contributed by atoms with van der Waals surface area (Å²) in [4.78, 5) is 13.3. The van der Waals surface area contributed by atoms with Gasteiger partial charge >= 0.3 is 0 Å². The maximum atomic E-state index is 5.68. The molecule has 0 aliphatic heterocycles. The van der Waals surface area contributed by atoms with Gasteiger partial charge in [-0.3, -0.25) is 0 Å². The summed E-state index contributed by atoms with van der Waals surface area (Å²) in [6.07, 6.45) is 5.48. The smallest absolute Gasteiger partial charge is 0.223 e. The third kappa shape index (κ3) is 2.12. The first-order valence-corrected chi connectivity index (χ1v) is 6.41. The Morgan fingerprint density at radius 2 is 2.33 bits per heavy atom. The summed E-state index contributed by atoms with van der Waals surface area (Å²) in [7, 11) is 0. The molecule has 3 aromatic rings. The molecule has 18 heavy (non-hydrogen) atoms. The average Bonchev–Trinajstić information content (AvgIpc) is 2.98. The van der Waals surface area contributed by atoms with E-state index in [-0.39, 0.29) is 0 Å². The number of nitrogens with one attached hydrogen (secondary N) is 1. The van der Waals surface area contributed by atoms with E-state index in [1.54, 1.807) is 23.9 Å². The van der Waals surface area contributed by atoms with Crippen LogP contribution in [0.1, 0.15) is 0 Å². The van der Waals surface area contributed by atoms with Crippen LogP contribution in [-0.2, 0) is 6.54 Å². The van der Waals surface area contributed by atoms with E-state index in [2.05, 4.69) is 20.3 Å². The van der Waals surface area contributed by atoms with E-state index in [9.17, 15) is 0 Å². The van der Waals surface area contributed by atoms with Crippen molar-refractivity contribution in [2.24, 2.45) is 0 Å².